The molecule has 0 saturated carbocycles. The molecule has 0 aromatic heterocycles. The molecule has 0 spiro atoms. The van der Waals surface area contributed by atoms with Crippen molar-refractivity contribution in [2.24, 2.45) is 16.2 Å². The third-order valence-electron chi connectivity index (χ3n) is 2.48. The highest BCUT2D eigenvalue weighted by molar-refractivity contribution is 5.98. The second-order valence-corrected chi connectivity index (χ2v) is 7.17. The molecule has 4 nitrogen and oxygen atoms in total. The van der Waals surface area contributed by atoms with Crippen LogP contribution in [0.5, 0.6) is 0 Å². The Labute approximate surface area is 103 Å². The van der Waals surface area contributed by atoms with E-state index in [-0.39, 0.29) is 23.7 Å². The molecule has 0 atom stereocenters. The molecule has 0 unspecified atom stereocenters. The summed E-state index contributed by atoms with van der Waals surface area (Å²) < 4.78 is 0. The van der Waals surface area contributed by atoms with Gasteiger partial charge in [-0.1, -0.05) is 41.5 Å². The molecule has 0 amide bonds. The molecule has 0 aromatic rings. The van der Waals surface area contributed by atoms with E-state index in [2.05, 4.69) is 0 Å². The third kappa shape index (κ3) is 4.75. The molecule has 100 valence electrons. The van der Waals surface area contributed by atoms with Gasteiger partial charge in [0.1, 0.15) is 0 Å². The number of carboxylic acid groups (broad SMARTS) is 2. The molecule has 0 radical (unpaired) electrons. The van der Waals surface area contributed by atoms with Crippen LogP contribution in [0.3, 0.4) is 0 Å². The highest BCUT2D eigenvalue weighted by Crippen LogP contribution is 2.42. The minimum Gasteiger partial charge on any atom is -0.480 e. The van der Waals surface area contributed by atoms with Gasteiger partial charge < -0.3 is 10.2 Å². The van der Waals surface area contributed by atoms with Gasteiger partial charge in [-0.05, 0) is 23.7 Å². The topological polar surface area (TPSA) is 74.6 Å². The van der Waals surface area contributed by atoms with Crippen LogP contribution in [0.1, 0.15) is 54.4 Å². The van der Waals surface area contributed by atoms with E-state index in [0.717, 1.165) is 0 Å². The first-order chi connectivity index (χ1) is 7.30. The van der Waals surface area contributed by atoms with Crippen LogP contribution in [0.25, 0.3) is 0 Å². The SMILES string of the molecule is CC(C)(C)CC(CC(C)(C)C)(C(=O)O)C(=O)O. The predicted octanol–water partition coefficient (Wildman–Crippen LogP) is 3.01. The summed E-state index contributed by atoms with van der Waals surface area (Å²) in [5.74, 6) is -2.48. The van der Waals surface area contributed by atoms with E-state index < -0.39 is 17.4 Å². The van der Waals surface area contributed by atoms with Crippen molar-refractivity contribution in [3.8, 4) is 0 Å². The van der Waals surface area contributed by atoms with E-state index in [4.69, 9.17) is 0 Å². The zero-order valence-electron chi connectivity index (χ0n) is 11.6. The fourth-order valence-corrected chi connectivity index (χ4v) is 2.27. The minimum absolute atomic E-state index is 0.127. The summed E-state index contributed by atoms with van der Waals surface area (Å²) in [6.45, 7) is 11.1. The second kappa shape index (κ2) is 4.67. The first-order valence-corrected chi connectivity index (χ1v) is 5.77. The lowest BCUT2D eigenvalue weighted by Crippen LogP contribution is -2.45. The van der Waals surface area contributed by atoms with Crippen molar-refractivity contribution >= 4 is 11.9 Å². The summed E-state index contributed by atoms with van der Waals surface area (Å²) in [4.78, 5) is 22.9. The van der Waals surface area contributed by atoms with Gasteiger partial charge in [0.15, 0.2) is 5.41 Å². The molecule has 0 heterocycles. The molecule has 0 aliphatic heterocycles. The van der Waals surface area contributed by atoms with E-state index in [1.54, 1.807) is 0 Å². The van der Waals surface area contributed by atoms with E-state index in [0.29, 0.717) is 0 Å². The van der Waals surface area contributed by atoms with Crippen molar-refractivity contribution in [3.63, 3.8) is 0 Å². The molecule has 0 fully saturated rings. The van der Waals surface area contributed by atoms with Gasteiger partial charge in [-0.15, -0.1) is 0 Å². The van der Waals surface area contributed by atoms with Crippen LogP contribution in [0.15, 0.2) is 0 Å². The smallest absolute Gasteiger partial charge is 0.321 e. The van der Waals surface area contributed by atoms with Crippen LogP contribution < -0.4 is 0 Å². The Balaban J connectivity index is 5.46. The molecule has 0 rings (SSSR count). The second-order valence-electron chi connectivity index (χ2n) is 7.17. The molecular formula is C13H24O4. The van der Waals surface area contributed by atoms with Crippen molar-refractivity contribution in [2.75, 3.05) is 0 Å². The molecule has 0 aliphatic carbocycles. The predicted molar refractivity (Wildman–Crippen MR) is 65.8 cm³/mol. The maximum atomic E-state index is 11.4. The van der Waals surface area contributed by atoms with Crippen molar-refractivity contribution < 1.29 is 19.8 Å². The Kier molecular flexibility index (Phi) is 4.38. The number of aliphatic carboxylic acids is 2. The van der Waals surface area contributed by atoms with Gasteiger partial charge in [-0.3, -0.25) is 9.59 Å². The van der Waals surface area contributed by atoms with Gasteiger partial charge in [0.05, 0.1) is 0 Å². The van der Waals surface area contributed by atoms with Crippen LogP contribution in [0.4, 0.5) is 0 Å². The maximum Gasteiger partial charge on any atom is 0.321 e. The van der Waals surface area contributed by atoms with Gasteiger partial charge in [-0.2, -0.15) is 0 Å². The standard InChI is InChI=1S/C13H24O4/c1-11(2,3)7-13(9(14)15,10(16)17)8-12(4,5)6/h7-8H2,1-6H3,(H,14,15)(H,16,17). The molecule has 0 bridgehead atoms. The summed E-state index contributed by atoms with van der Waals surface area (Å²) in [5.41, 5.74) is -2.39. The van der Waals surface area contributed by atoms with E-state index in [1.807, 2.05) is 41.5 Å². The van der Waals surface area contributed by atoms with Crippen molar-refractivity contribution in [2.45, 2.75) is 54.4 Å². The van der Waals surface area contributed by atoms with E-state index >= 15 is 0 Å². The Morgan fingerprint density at radius 2 is 1.00 bits per heavy atom. The monoisotopic (exact) mass is 244 g/mol. The number of carbonyl (C=O) groups is 2. The Hall–Kier alpha value is -1.06. The Morgan fingerprint density at radius 3 is 1.12 bits per heavy atom. The van der Waals surface area contributed by atoms with Gasteiger partial charge in [-0.25, -0.2) is 0 Å². The largest absolute Gasteiger partial charge is 0.480 e. The van der Waals surface area contributed by atoms with E-state index in [1.165, 1.54) is 0 Å². The lowest BCUT2D eigenvalue weighted by atomic mass is 9.66. The highest BCUT2D eigenvalue weighted by atomic mass is 16.4. The zero-order valence-corrected chi connectivity index (χ0v) is 11.6. The van der Waals surface area contributed by atoms with Crippen molar-refractivity contribution in [1.82, 2.24) is 0 Å². The summed E-state index contributed by atoms with van der Waals surface area (Å²) in [5, 5.41) is 18.7. The van der Waals surface area contributed by atoms with Gasteiger partial charge in [0, 0.05) is 0 Å². The molecule has 2 N–H and O–H groups in total. The van der Waals surface area contributed by atoms with Crippen LogP contribution >= 0.6 is 0 Å². The Morgan fingerprint density at radius 1 is 0.765 bits per heavy atom. The molecule has 0 aromatic carbocycles. The summed E-state index contributed by atoms with van der Waals surface area (Å²) in [6, 6.07) is 0. The van der Waals surface area contributed by atoms with Crippen LogP contribution in [0.2, 0.25) is 0 Å². The van der Waals surface area contributed by atoms with E-state index in [9.17, 15) is 19.8 Å². The molecule has 4 heteroatoms. The number of hydrogen-bond donors (Lipinski definition) is 2. The van der Waals surface area contributed by atoms with Crippen molar-refractivity contribution in [1.29, 1.82) is 0 Å². The molecular weight excluding hydrogens is 220 g/mol. The molecule has 0 aliphatic rings. The number of rotatable bonds is 4. The molecule has 17 heavy (non-hydrogen) atoms. The lowest BCUT2D eigenvalue weighted by Gasteiger charge is -2.36. The minimum atomic E-state index is -1.70. The van der Waals surface area contributed by atoms with Crippen LogP contribution in [-0.4, -0.2) is 22.2 Å². The van der Waals surface area contributed by atoms with Gasteiger partial charge in [0.25, 0.3) is 0 Å². The quantitative estimate of drug-likeness (QED) is 0.745. The fraction of sp³-hybridized carbons (Fsp3) is 0.846. The number of hydrogen-bond acceptors (Lipinski definition) is 2. The number of carboxylic acids is 2. The molecule has 0 saturated heterocycles. The fourth-order valence-electron chi connectivity index (χ4n) is 2.27. The zero-order chi connectivity index (χ0) is 14.1. The summed E-state index contributed by atoms with van der Waals surface area (Å²) in [6.07, 6.45) is 0.254. The van der Waals surface area contributed by atoms with Crippen LogP contribution in [-0.2, 0) is 9.59 Å². The Bertz CT molecular complexity index is 272. The van der Waals surface area contributed by atoms with Gasteiger partial charge >= 0.3 is 11.9 Å². The third-order valence-corrected chi connectivity index (χ3v) is 2.48. The lowest BCUT2D eigenvalue weighted by molar-refractivity contribution is -0.170. The summed E-state index contributed by atoms with van der Waals surface area (Å²) in [7, 11) is 0. The first kappa shape index (κ1) is 15.9. The van der Waals surface area contributed by atoms with Gasteiger partial charge in [0.2, 0.25) is 0 Å². The first-order valence-electron chi connectivity index (χ1n) is 5.77. The summed E-state index contributed by atoms with van der Waals surface area (Å²) >= 11 is 0. The normalized spacial score (nSPS) is 13.5. The average molecular weight is 244 g/mol. The average Bonchev–Trinajstić information content (AvgIpc) is 1.96. The maximum absolute atomic E-state index is 11.4. The van der Waals surface area contributed by atoms with Crippen molar-refractivity contribution in [3.05, 3.63) is 0 Å². The van der Waals surface area contributed by atoms with Crippen LogP contribution in [0, 0.1) is 16.2 Å². The highest BCUT2D eigenvalue weighted by Gasteiger charge is 2.50.